The lowest BCUT2D eigenvalue weighted by Gasteiger charge is -2.20. The summed E-state index contributed by atoms with van der Waals surface area (Å²) in [5.74, 6) is 0.239. The highest BCUT2D eigenvalue weighted by Crippen LogP contribution is 2.27. The van der Waals surface area contributed by atoms with Gasteiger partial charge in [0.05, 0.1) is 19.6 Å². The fraction of sp³-hybridized carbons (Fsp3) is 0.414. The van der Waals surface area contributed by atoms with Crippen LogP contribution in [0.1, 0.15) is 62.0 Å². The minimum atomic E-state index is -0.846. The number of aliphatic hydroxyl groups is 1. The van der Waals surface area contributed by atoms with Crippen molar-refractivity contribution in [2.75, 3.05) is 13.7 Å². The van der Waals surface area contributed by atoms with Crippen LogP contribution in [0.5, 0.6) is 5.75 Å². The number of amides is 2. The molecular formula is C29H37N3O5. The molecule has 4 N–H and O–H groups in total. The number of hydrogen-bond donors (Lipinski definition) is 4. The average Bonchev–Trinajstić information content (AvgIpc) is 3.20. The zero-order valence-electron chi connectivity index (χ0n) is 21.8. The summed E-state index contributed by atoms with van der Waals surface area (Å²) < 4.78 is 5.34. The molecule has 0 saturated heterocycles. The number of aromatic nitrogens is 1. The number of ether oxygens (including phenoxy) is 1. The number of rotatable bonds is 14. The van der Waals surface area contributed by atoms with Crippen molar-refractivity contribution in [3.05, 3.63) is 65.4 Å². The number of aromatic amines is 1. The molecule has 8 nitrogen and oxygen atoms in total. The molecule has 198 valence electrons. The molecule has 3 aromatic rings. The van der Waals surface area contributed by atoms with Gasteiger partial charge in [0.1, 0.15) is 17.6 Å². The molecule has 3 rings (SSSR count). The molecular weight excluding hydrogens is 470 g/mol. The number of ketones is 1. The van der Waals surface area contributed by atoms with Crippen LogP contribution < -0.4 is 15.4 Å². The molecule has 2 unspecified atom stereocenters. The molecule has 2 aromatic carbocycles. The molecule has 0 aliphatic rings. The average molecular weight is 508 g/mol. The summed E-state index contributed by atoms with van der Waals surface area (Å²) >= 11 is 0. The van der Waals surface area contributed by atoms with Gasteiger partial charge in [-0.1, -0.05) is 43.2 Å². The Bertz CT molecular complexity index is 1200. The summed E-state index contributed by atoms with van der Waals surface area (Å²) in [6.45, 7) is 3.52. The molecule has 0 aliphatic carbocycles. The van der Waals surface area contributed by atoms with Crippen LogP contribution in [0.25, 0.3) is 10.9 Å². The van der Waals surface area contributed by atoms with Crippen LogP contribution in [-0.2, 0) is 20.8 Å². The maximum atomic E-state index is 13.1. The van der Waals surface area contributed by atoms with E-state index in [4.69, 9.17) is 4.74 Å². The van der Waals surface area contributed by atoms with Crippen molar-refractivity contribution in [3.63, 3.8) is 0 Å². The number of unbranched alkanes of at least 4 members (excludes halogenated alkanes) is 2. The number of fused-ring (bicyclic) bond motifs is 1. The van der Waals surface area contributed by atoms with Crippen LogP contribution in [0.4, 0.5) is 0 Å². The number of H-pyrrole nitrogens is 1. The Morgan fingerprint density at radius 3 is 2.51 bits per heavy atom. The Kier molecular flexibility index (Phi) is 10.3. The van der Waals surface area contributed by atoms with E-state index < -0.39 is 12.1 Å². The van der Waals surface area contributed by atoms with Crippen LogP contribution in [0.15, 0.2) is 48.5 Å². The number of nitrogens with one attached hydrogen (secondary N) is 3. The molecule has 8 heteroatoms. The zero-order chi connectivity index (χ0) is 26.8. The van der Waals surface area contributed by atoms with Gasteiger partial charge in [-0.2, -0.15) is 0 Å². The predicted molar refractivity (Wildman–Crippen MR) is 143 cm³/mol. The van der Waals surface area contributed by atoms with Crippen molar-refractivity contribution in [2.24, 2.45) is 0 Å². The smallest absolute Gasteiger partial charge is 0.242 e. The fourth-order valence-electron chi connectivity index (χ4n) is 4.40. The Morgan fingerprint density at radius 1 is 1.05 bits per heavy atom. The summed E-state index contributed by atoms with van der Waals surface area (Å²) in [6.07, 6.45) is 2.44. The van der Waals surface area contributed by atoms with E-state index in [2.05, 4.69) is 15.6 Å². The maximum absolute atomic E-state index is 13.1. The summed E-state index contributed by atoms with van der Waals surface area (Å²) in [4.78, 5) is 40.6. The van der Waals surface area contributed by atoms with Crippen molar-refractivity contribution in [2.45, 2.75) is 64.5 Å². The number of aliphatic hydroxyl groups excluding tert-OH is 1. The predicted octanol–water partition coefficient (Wildman–Crippen LogP) is 3.90. The molecule has 1 heterocycles. The van der Waals surface area contributed by atoms with Gasteiger partial charge in [-0.25, -0.2) is 0 Å². The number of carbonyl (C=O) groups excluding carboxylic acids is 3. The van der Waals surface area contributed by atoms with Gasteiger partial charge in [-0.15, -0.1) is 0 Å². The minimum Gasteiger partial charge on any atom is -0.497 e. The second-order valence-electron chi connectivity index (χ2n) is 9.41. The van der Waals surface area contributed by atoms with Crippen LogP contribution in [-0.4, -0.2) is 47.4 Å². The van der Waals surface area contributed by atoms with Crippen molar-refractivity contribution >= 4 is 28.5 Å². The molecule has 2 atom stereocenters. The van der Waals surface area contributed by atoms with Gasteiger partial charge in [0, 0.05) is 29.6 Å². The summed E-state index contributed by atoms with van der Waals surface area (Å²) in [5.41, 5.74) is 3.36. The van der Waals surface area contributed by atoms with E-state index in [0.717, 1.165) is 35.0 Å². The lowest BCUT2D eigenvalue weighted by molar-refractivity contribution is -0.129. The number of benzene rings is 2. The topological polar surface area (TPSA) is 121 Å². The van der Waals surface area contributed by atoms with Gasteiger partial charge in [-0.05, 0) is 56.0 Å². The van der Waals surface area contributed by atoms with Crippen LogP contribution >= 0.6 is 0 Å². The first-order valence-electron chi connectivity index (χ1n) is 12.7. The van der Waals surface area contributed by atoms with E-state index in [-0.39, 0.29) is 30.6 Å². The monoisotopic (exact) mass is 507 g/mol. The Hall–Kier alpha value is -3.65. The second kappa shape index (κ2) is 13.6. The Morgan fingerprint density at radius 2 is 1.81 bits per heavy atom. The number of aryl methyl sites for hydroxylation is 1. The third kappa shape index (κ3) is 8.18. The summed E-state index contributed by atoms with van der Waals surface area (Å²) in [6, 6.07) is 14.0. The van der Waals surface area contributed by atoms with Crippen molar-refractivity contribution in [1.82, 2.24) is 15.6 Å². The third-order valence-corrected chi connectivity index (χ3v) is 6.49. The van der Waals surface area contributed by atoms with Crippen LogP contribution in [0, 0.1) is 6.92 Å². The molecule has 0 aliphatic heterocycles. The molecule has 1 aromatic heterocycles. The highest BCUT2D eigenvalue weighted by molar-refractivity contribution is 5.93. The highest BCUT2D eigenvalue weighted by atomic mass is 16.5. The van der Waals surface area contributed by atoms with Crippen LogP contribution in [0.3, 0.4) is 0 Å². The quantitative estimate of drug-likeness (QED) is 0.247. The van der Waals surface area contributed by atoms with Gasteiger partial charge in [0.2, 0.25) is 11.8 Å². The highest BCUT2D eigenvalue weighted by Gasteiger charge is 2.23. The largest absolute Gasteiger partial charge is 0.497 e. The van der Waals surface area contributed by atoms with E-state index in [1.807, 2.05) is 43.3 Å². The molecule has 0 fully saturated rings. The van der Waals surface area contributed by atoms with Gasteiger partial charge >= 0.3 is 0 Å². The first kappa shape index (κ1) is 27.9. The van der Waals surface area contributed by atoms with E-state index in [9.17, 15) is 19.5 Å². The van der Waals surface area contributed by atoms with Gasteiger partial charge in [-0.3, -0.25) is 9.59 Å². The maximum Gasteiger partial charge on any atom is 0.242 e. The SMILES string of the molecule is COc1ccc2[nH]c(C)c(CC(=O)NC(CCCCCC(C)=O)C(=O)NCC(O)c3ccccc3)c2c1. The second-order valence-corrected chi connectivity index (χ2v) is 9.41. The molecule has 0 spiro atoms. The molecule has 0 bridgehead atoms. The van der Waals surface area contributed by atoms with E-state index in [0.29, 0.717) is 30.6 Å². The first-order valence-corrected chi connectivity index (χ1v) is 12.7. The zero-order valence-corrected chi connectivity index (χ0v) is 21.8. The Balaban J connectivity index is 1.66. The number of carbonyl (C=O) groups is 3. The number of hydrogen-bond acceptors (Lipinski definition) is 5. The van der Waals surface area contributed by atoms with Gasteiger partial charge < -0.3 is 30.3 Å². The normalized spacial score (nSPS) is 12.6. The summed E-state index contributed by atoms with van der Waals surface area (Å²) in [5, 5.41) is 17.0. The van der Waals surface area contributed by atoms with Gasteiger partial charge in [0.15, 0.2) is 0 Å². The molecule has 2 amide bonds. The summed E-state index contributed by atoms with van der Waals surface area (Å²) in [7, 11) is 1.60. The molecule has 37 heavy (non-hydrogen) atoms. The lowest BCUT2D eigenvalue weighted by Crippen LogP contribution is -2.48. The Labute approximate surface area is 217 Å². The van der Waals surface area contributed by atoms with Crippen LogP contribution in [0.2, 0.25) is 0 Å². The van der Waals surface area contributed by atoms with E-state index >= 15 is 0 Å². The number of methoxy groups -OCH3 is 1. The van der Waals surface area contributed by atoms with Crippen molar-refractivity contribution in [3.8, 4) is 5.75 Å². The minimum absolute atomic E-state index is 0.0426. The first-order chi connectivity index (χ1) is 17.8. The third-order valence-electron chi connectivity index (χ3n) is 6.49. The van der Waals surface area contributed by atoms with E-state index in [1.54, 1.807) is 26.2 Å². The lowest BCUT2D eigenvalue weighted by atomic mass is 10.0. The van der Waals surface area contributed by atoms with Gasteiger partial charge in [0.25, 0.3) is 0 Å². The molecule has 0 radical (unpaired) electrons. The standard InChI is InChI=1S/C29H37N3O5/c1-19(33)10-6-4-9-13-26(29(36)30-18-27(34)21-11-7-5-8-12-21)32-28(35)17-23-20(2)31-25-15-14-22(37-3)16-24(23)25/h5,7-8,11-12,14-16,26-27,31,34H,4,6,9-10,13,17-18H2,1-3H3,(H,30,36)(H,32,35). The van der Waals surface area contributed by atoms with Crippen molar-refractivity contribution in [1.29, 1.82) is 0 Å². The van der Waals surface area contributed by atoms with E-state index in [1.165, 1.54) is 0 Å². The number of Topliss-reactive ketones (excluding diaryl/α,β-unsaturated/α-hetero) is 1. The van der Waals surface area contributed by atoms with Crippen molar-refractivity contribution < 1.29 is 24.2 Å². The fourth-order valence-corrected chi connectivity index (χ4v) is 4.40. The molecule has 0 saturated carbocycles.